The molecule has 0 radical (unpaired) electrons. The molecule has 0 aromatic carbocycles. The summed E-state index contributed by atoms with van der Waals surface area (Å²) in [4.78, 5) is 0. The van der Waals surface area contributed by atoms with Crippen LogP contribution < -0.4 is 0 Å². The van der Waals surface area contributed by atoms with Gasteiger partial charge in [0.25, 0.3) is 0 Å². The molecule has 1 rings (SSSR count). The Morgan fingerprint density at radius 3 is 1.77 bits per heavy atom. The summed E-state index contributed by atoms with van der Waals surface area (Å²) >= 11 is 0. The molecule has 2 heteroatoms. The third-order valence-corrected chi connectivity index (χ3v) is 7.52. The minimum Gasteiger partial charge on any atom is -0.324 e. The van der Waals surface area contributed by atoms with Crippen molar-refractivity contribution in [3.05, 3.63) is 0 Å². The summed E-state index contributed by atoms with van der Waals surface area (Å²) in [6.07, 6.45) is 1.44. The second-order valence-corrected chi connectivity index (χ2v) is 12.2. The van der Waals surface area contributed by atoms with Crippen molar-refractivity contribution in [2.24, 2.45) is 0 Å². The van der Waals surface area contributed by atoms with Crippen molar-refractivity contribution in [3.8, 4) is 0 Å². The number of hydrogen-bond donors (Lipinski definition) is 0. The predicted octanol–water partition coefficient (Wildman–Crippen LogP) is 2.95. The fourth-order valence-electron chi connectivity index (χ4n) is 3.01. The van der Waals surface area contributed by atoms with Crippen molar-refractivity contribution >= 4 is 8.07 Å². The first-order valence-electron chi connectivity index (χ1n) is 5.42. The summed E-state index contributed by atoms with van der Waals surface area (Å²) in [5.74, 6) is 0. The molecule has 1 aliphatic heterocycles. The Morgan fingerprint density at radius 2 is 1.62 bits per heavy atom. The predicted molar refractivity (Wildman–Crippen MR) is 62.8 cm³/mol. The largest absolute Gasteiger partial charge is 0.324 e. The average Bonchev–Trinajstić information content (AvgIpc) is 2.00. The van der Waals surface area contributed by atoms with E-state index in [-0.39, 0.29) is 0 Å². The zero-order chi connectivity index (χ0) is 10.5. The van der Waals surface area contributed by atoms with Gasteiger partial charge >= 0.3 is 0 Å². The van der Waals surface area contributed by atoms with E-state index in [9.17, 15) is 0 Å². The van der Waals surface area contributed by atoms with Crippen LogP contribution in [-0.4, -0.2) is 38.7 Å². The van der Waals surface area contributed by atoms with E-state index in [0.717, 1.165) is 5.54 Å². The van der Waals surface area contributed by atoms with E-state index in [0.29, 0.717) is 5.54 Å². The Bertz CT molecular complexity index is 201. The molecule has 0 spiro atoms. The lowest BCUT2D eigenvalue weighted by atomic mass is 10.00. The van der Waals surface area contributed by atoms with Gasteiger partial charge < -0.3 is 4.48 Å². The Morgan fingerprint density at radius 1 is 1.15 bits per heavy atom. The van der Waals surface area contributed by atoms with Gasteiger partial charge in [-0.2, -0.15) is 0 Å². The van der Waals surface area contributed by atoms with Crippen LogP contribution in [0.15, 0.2) is 0 Å². The maximum absolute atomic E-state index is 2.52. The fraction of sp³-hybridized carbons (Fsp3) is 1.00. The molecule has 1 aliphatic rings. The van der Waals surface area contributed by atoms with Crippen LogP contribution in [0.2, 0.25) is 25.2 Å². The molecule has 1 heterocycles. The van der Waals surface area contributed by atoms with Crippen molar-refractivity contribution < 1.29 is 4.48 Å². The summed E-state index contributed by atoms with van der Waals surface area (Å²) in [5.41, 5.74) is 1.47. The minimum absolute atomic E-state index is 0.491. The molecule has 1 atom stereocenters. The molecular formula is C11H26NSi+. The number of rotatable bonds is 1. The highest BCUT2D eigenvalue weighted by Crippen LogP contribution is 2.47. The summed E-state index contributed by atoms with van der Waals surface area (Å²) in [5, 5.41) is 0. The first kappa shape index (κ1) is 11.3. The monoisotopic (exact) mass is 200 g/mol. The van der Waals surface area contributed by atoms with E-state index in [1.54, 1.807) is 0 Å². The zero-order valence-corrected chi connectivity index (χ0v) is 11.4. The SMILES string of the molecule is CC1(C)C([Si](C)(C)C)CC[N+]1(C)C. The molecule has 0 saturated carbocycles. The Balaban J connectivity index is 2.95. The van der Waals surface area contributed by atoms with Gasteiger partial charge in [0, 0.05) is 12.0 Å². The maximum Gasteiger partial charge on any atom is 0.0937 e. The van der Waals surface area contributed by atoms with Crippen LogP contribution in [0.1, 0.15) is 20.3 Å². The normalized spacial score (nSPS) is 32.1. The third-order valence-electron chi connectivity index (χ3n) is 4.44. The number of hydrogen-bond acceptors (Lipinski definition) is 0. The standard InChI is InChI=1S/C11H26NSi/c1-11(2)10(13(5,6)7)8-9-12(11,3)4/h10H,8-9H2,1-7H3/q+1. The van der Waals surface area contributed by atoms with Crippen molar-refractivity contribution in [1.82, 2.24) is 0 Å². The molecule has 1 nitrogen and oxygen atoms in total. The van der Waals surface area contributed by atoms with Crippen LogP contribution in [0.25, 0.3) is 0 Å². The molecule has 0 amide bonds. The van der Waals surface area contributed by atoms with Crippen molar-refractivity contribution in [1.29, 1.82) is 0 Å². The quantitative estimate of drug-likeness (QED) is 0.451. The minimum atomic E-state index is -0.964. The van der Waals surface area contributed by atoms with E-state index < -0.39 is 8.07 Å². The van der Waals surface area contributed by atoms with Crippen molar-refractivity contribution in [2.45, 2.75) is 51.0 Å². The van der Waals surface area contributed by atoms with Crippen LogP contribution in [0, 0.1) is 0 Å². The Kier molecular flexibility index (Phi) is 2.45. The molecule has 13 heavy (non-hydrogen) atoms. The van der Waals surface area contributed by atoms with E-state index in [4.69, 9.17) is 0 Å². The summed E-state index contributed by atoms with van der Waals surface area (Å²) < 4.78 is 1.21. The molecule has 1 fully saturated rings. The van der Waals surface area contributed by atoms with Crippen molar-refractivity contribution in [2.75, 3.05) is 20.6 Å². The van der Waals surface area contributed by atoms with Crippen LogP contribution in [0.5, 0.6) is 0 Å². The van der Waals surface area contributed by atoms with Crippen LogP contribution >= 0.6 is 0 Å². The molecule has 0 aromatic rings. The van der Waals surface area contributed by atoms with Gasteiger partial charge in [-0.15, -0.1) is 0 Å². The maximum atomic E-state index is 2.52. The number of quaternary nitrogens is 1. The smallest absolute Gasteiger partial charge is 0.0937 e. The molecule has 0 aliphatic carbocycles. The second-order valence-electron chi connectivity index (χ2n) is 6.77. The van der Waals surface area contributed by atoms with Gasteiger partial charge in [0.1, 0.15) is 0 Å². The molecule has 0 aromatic heterocycles. The van der Waals surface area contributed by atoms with Crippen molar-refractivity contribution in [3.63, 3.8) is 0 Å². The van der Waals surface area contributed by atoms with E-state index in [1.165, 1.54) is 17.4 Å². The van der Waals surface area contributed by atoms with Crippen LogP contribution in [0.3, 0.4) is 0 Å². The van der Waals surface area contributed by atoms with E-state index in [2.05, 4.69) is 47.6 Å². The van der Waals surface area contributed by atoms with Gasteiger partial charge in [-0.3, -0.25) is 0 Å². The zero-order valence-electron chi connectivity index (χ0n) is 10.4. The van der Waals surface area contributed by atoms with Gasteiger partial charge in [0.05, 0.1) is 34.3 Å². The second kappa shape index (κ2) is 2.83. The molecule has 1 unspecified atom stereocenters. The lowest BCUT2D eigenvalue weighted by Gasteiger charge is -2.44. The first-order chi connectivity index (χ1) is 5.59. The highest BCUT2D eigenvalue weighted by Gasteiger charge is 2.54. The molecular weight excluding hydrogens is 174 g/mol. The van der Waals surface area contributed by atoms with Gasteiger partial charge in [-0.05, 0) is 13.8 Å². The number of nitrogens with zero attached hydrogens (tertiary/aromatic N) is 1. The average molecular weight is 200 g/mol. The Hall–Kier alpha value is 0.177. The molecule has 78 valence electrons. The lowest BCUT2D eigenvalue weighted by molar-refractivity contribution is -0.924. The summed E-state index contributed by atoms with van der Waals surface area (Å²) in [6.45, 7) is 13.8. The molecule has 0 N–H and O–H groups in total. The van der Waals surface area contributed by atoms with Gasteiger partial charge in [-0.1, -0.05) is 19.6 Å². The van der Waals surface area contributed by atoms with E-state index >= 15 is 0 Å². The highest BCUT2D eigenvalue weighted by molar-refractivity contribution is 6.77. The third kappa shape index (κ3) is 1.71. The highest BCUT2D eigenvalue weighted by atomic mass is 28.3. The van der Waals surface area contributed by atoms with Gasteiger partial charge in [-0.25, -0.2) is 0 Å². The van der Waals surface area contributed by atoms with Crippen LogP contribution in [0.4, 0.5) is 0 Å². The van der Waals surface area contributed by atoms with Crippen LogP contribution in [-0.2, 0) is 0 Å². The lowest BCUT2D eigenvalue weighted by Crippen LogP contribution is -2.55. The van der Waals surface area contributed by atoms with Gasteiger partial charge in [0.2, 0.25) is 0 Å². The van der Waals surface area contributed by atoms with Gasteiger partial charge in [0.15, 0.2) is 0 Å². The first-order valence-corrected chi connectivity index (χ1v) is 9.00. The fourth-order valence-corrected chi connectivity index (χ4v) is 6.47. The molecule has 1 saturated heterocycles. The summed E-state index contributed by atoms with van der Waals surface area (Å²) in [7, 11) is 3.81. The summed E-state index contributed by atoms with van der Waals surface area (Å²) in [6, 6.07) is 0. The van der Waals surface area contributed by atoms with E-state index in [1.807, 2.05) is 0 Å². The number of likely N-dealkylation sites (tertiary alicyclic amines) is 1. The molecule has 0 bridgehead atoms. The topological polar surface area (TPSA) is 0 Å². The Labute approximate surface area is 84.7 Å².